The third-order valence-corrected chi connectivity index (χ3v) is 3.61. The summed E-state index contributed by atoms with van der Waals surface area (Å²) < 4.78 is 0. The third-order valence-electron chi connectivity index (χ3n) is 3.61. The number of nitrogens with zero attached hydrogens (tertiary/aromatic N) is 1. The number of carbonyl (C=O) groups is 2. The van der Waals surface area contributed by atoms with Gasteiger partial charge in [-0.3, -0.25) is 9.59 Å². The highest BCUT2D eigenvalue weighted by Crippen LogP contribution is 2.19. The number of hydrogen-bond donors (Lipinski definition) is 2. The molecule has 0 radical (unpaired) electrons. The van der Waals surface area contributed by atoms with E-state index in [0.717, 1.165) is 32.2 Å². The van der Waals surface area contributed by atoms with Crippen molar-refractivity contribution < 1.29 is 9.59 Å². The van der Waals surface area contributed by atoms with Gasteiger partial charge in [0.25, 0.3) is 0 Å². The molecule has 0 aliphatic carbocycles. The molecule has 0 bridgehead atoms. The Bertz CT molecular complexity index is 294. The smallest absolute Gasteiger partial charge is 0.225 e. The Kier molecular flexibility index (Phi) is 6.12. The molecule has 2 unspecified atom stereocenters. The van der Waals surface area contributed by atoms with E-state index in [9.17, 15) is 9.59 Å². The molecule has 0 aromatic heterocycles. The zero-order valence-electron chi connectivity index (χ0n) is 11.4. The van der Waals surface area contributed by atoms with Crippen LogP contribution in [0.3, 0.4) is 0 Å². The van der Waals surface area contributed by atoms with Crippen LogP contribution < -0.4 is 11.1 Å². The van der Waals surface area contributed by atoms with Crippen molar-refractivity contribution in [3.8, 4) is 0 Å². The second-order valence-corrected chi connectivity index (χ2v) is 5.07. The van der Waals surface area contributed by atoms with Gasteiger partial charge in [0, 0.05) is 26.1 Å². The lowest BCUT2D eigenvalue weighted by atomic mass is 9.95. The number of amides is 2. The first kappa shape index (κ1) is 15.0. The lowest BCUT2D eigenvalue weighted by molar-refractivity contribution is -0.139. The molecule has 0 spiro atoms. The summed E-state index contributed by atoms with van der Waals surface area (Å²) in [6, 6.07) is 0. The first-order valence-electron chi connectivity index (χ1n) is 6.80. The highest BCUT2D eigenvalue weighted by molar-refractivity contribution is 5.82. The summed E-state index contributed by atoms with van der Waals surface area (Å²) in [5.41, 5.74) is 5.46. The Labute approximate surface area is 109 Å². The van der Waals surface area contributed by atoms with Crippen molar-refractivity contribution in [3.63, 3.8) is 0 Å². The average molecular weight is 255 g/mol. The predicted octanol–water partition coefficient (Wildman–Crippen LogP) is 0.346. The van der Waals surface area contributed by atoms with Gasteiger partial charge in [-0.15, -0.1) is 0 Å². The second-order valence-electron chi connectivity index (χ2n) is 5.07. The van der Waals surface area contributed by atoms with E-state index in [1.165, 1.54) is 0 Å². The minimum atomic E-state index is -0.0468. The SMILES string of the molecule is CNC(=O)C1CCCN(C(=O)C(C)CCCN)C1. The quantitative estimate of drug-likeness (QED) is 0.744. The Morgan fingerprint density at radius 1 is 1.50 bits per heavy atom. The van der Waals surface area contributed by atoms with Crippen LogP contribution in [0.4, 0.5) is 0 Å². The van der Waals surface area contributed by atoms with Gasteiger partial charge >= 0.3 is 0 Å². The molecular weight excluding hydrogens is 230 g/mol. The van der Waals surface area contributed by atoms with Crippen LogP contribution in [0.2, 0.25) is 0 Å². The molecule has 18 heavy (non-hydrogen) atoms. The fraction of sp³-hybridized carbons (Fsp3) is 0.846. The molecule has 0 aromatic rings. The zero-order chi connectivity index (χ0) is 13.5. The topological polar surface area (TPSA) is 75.4 Å². The first-order valence-corrected chi connectivity index (χ1v) is 6.80. The number of hydrogen-bond acceptors (Lipinski definition) is 3. The molecule has 0 saturated carbocycles. The van der Waals surface area contributed by atoms with Crippen LogP contribution >= 0.6 is 0 Å². The van der Waals surface area contributed by atoms with Crippen LogP contribution in [0.25, 0.3) is 0 Å². The van der Waals surface area contributed by atoms with Gasteiger partial charge in [-0.2, -0.15) is 0 Å². The normalized spacial score (nSPS) is 21.5. The van der Waals surface area contributed by atoms with Crippen LogP contribution in [0.1, 0.15) is 32.6 Å². The molecule has 5 nitrogen and oxygen atoms in total. The van der Waals surface area contributed by atoms with E-state index < -0.39 is 0 Å². The van der Waals surface area contributed by atoms with Crippen LogP contribution in [0.15, 0.2) is 0 Å². The van der Waals surface area contributed by atoms with Gasteiger partial charge in [-0.05, 0) is 32.2 Å². The van der Waals surface area contributed by atoms with Crippen LogP contribution in [-0.2, 0) is 9.59 Å². The van der Waals surface area contributed by atoms with E-state index >= 15 is 0 Å². The molecule has 104 valence electrons. The maximum absolute atomic E-state index is 12.2. The fourth-order valence-electron chi connectivity index (χ4n) is 2.45. The molecule has 1 aliphatic heterocycles. The molecular formula is C13H25N3O2. The standard InChI is InChI=1S/C13H25N3O2/c1-10(5-3-7-14)13(18)16-8-4-6-11(9-16)12(17)15-2/h10-11H,3-9,14H2,1-2H3,(H,15,17). The lowest BCUT2D eigenvalue weighted by Gasteiger charge is -2.33. The number of nitrogens with one attached hydrogen (secondary N) is 1. The van der Waals surface area contributed by atoms with Gasteiger partial charge in [0.15, 0.2) is 0 Å². The Balaban J connectivity index is 2.50. The Morgan fingerprint density at radius 3 is 2.83 bits per heavy atom. The largest absolute Gasteiger partial charge is 0.359 e. The maximum Gasteiger partial charge on any atom is 0.225 e. The summed E-state index contributed by atoms with van der Waals surface area (Å²) in [7, 11) is 1.65. The Morgan fingerprint density at radius 2 is 2.22 bits per heavy atom. The van der Waals surface area contributed by atoms with Gasteiger partial charge < -0.3 is 16.0 Å². The van der Waals surface area contributed by atoms with Crippen molar-refractivity contribution in [2.24, 2.45) is 17.6 Å². The van der Waals surface area contributed by atoms with Crippen LogP contribution in [0, 0.1) is 11.8 Å². The molecule has 2 atom stereocenters. The van der Waals surface area contributed by atoms with Crippen molar-refractivity contribution >= 4 is 11.8 Å². The second kappa shape index (κ2) is 7.36. The minimum absolute atomic E-state index is 0.0111. The molecule has 3 N–H and O–H groups in total. The molecule has 1 saturated heterocycles. The molecule has 1 heterocycles. The Hall–Kier alpha value is -1.10. The third kappa shape index (κ3) is 3.98. The molecule has 0 aromatic carbocycles. The van der Waals surface area contributed by atoms with E-state index in [2.05, 4.69) is 5.32 Å². The van der Waals surface area contributed by atoms with Crippen LogP contribution in [0.5, 0.6) is 0 Å². The van der Waals surface area contributed by atoms with Crippen molar-refractivity contribution in [3.05, 3.63) is 0 Å². The van der Waals surface area contributed by atoms with E-state index in [1.807, 2.05) is 11.8 Å². The number of rotatable bonds is 5. The van der Waals surface area contributed by atoms with Crippen molar-refractivity contribution in [2.75, 3.05) is 26.7 Å². The fourth-order valence-corrected chi connectivity index (χ4v) is 2.45. The molecule has 1 aliphatic rings. The summed E-state index contributed by atoms with van der Waals surface area (Å²) in [6.07, 6.45) is 3.49. The van der Waals surface area contributed by atoms with E-state index in [-0.39, 0.29) is 23.7 Å². The summed E-state index contributed by atoms with van der Waals surface area (Å²) in [5.74, 6) is 0.172. The van der Waals surface area contributed by atoms with Crippen molar-refractivity contribution in [2.45, 2.75) is 32.6 Å². The molecule has 2 amide bonds. The highest BCUT2D eigenvalue weighted by Gasteiger charge is 2.29. The van der Waals surface area contributed by atoms with Gasteiger partial charge in [-0.1, -0.05) is 6.92 Å². The van der Waals surface area contributed by atoms with Gasteiger partial charge in [-0.25, -0.2) is 0 Å². The van der Waals surface area contributed by atoms with Crippen molar-refractivity contribution in [1.29, 1.82) is 0 Å². The van der Waals surface area contributed by atoms with Crippen LogP contribution in [-0.4, -0.2) is 43.4 Å². The molecule has 1 fully saturated rings. The summed E-state index contributed by atoms with van der Waals surface area (Å²) in [4.78, 5) is 25.7. The number of carbonyl (C=O) groups excluding carboxylic acids is 2. The first-order chi connectivity index (χ1) is 8.60. The van der Waals surface area contributed by atoms with Gasteiger partial charge in [0.05, 0.1) is 5.92 Å². The summed E-state index contributed by atoms with van der Waals surface area (Å²) >= 11 is 0. The summed E-state index contributed by atoms with van der Waals surface area (Å²) in [5, 5.41) is 2.66. The minimum Gasteiger partial charge on any atom is -0.359 e. The monoisotopic (exact) mass is 255 g/mol. The number of nitrogens with two attached hydrogens (primary N) is 1. The number of piperidine rings is 1. The maximum atomic E-state index is 12.2. The summed E-state index contributed by atoms with van der Waals surface area (Å²) in [6.45, 7) is 3.91. The van der Waals surface area contributed by atoms with E-state index in [0.29, 0.717) is 13.1 Å². The average Bonchev–Trinajstić information content (AvgIpc) is 2.43. The van der Waals surface area contributed by atoms with E-state index in [1.54, 1.807) is 7.05 Å². The zero-order valence-corrected chi connectivity index (χ0v) is 11.4. The highest BCUT2D eigenvalue weighted by atomic mass is 16.2. The molecule has 1 rings (SSSR count). The number of likely N-dealkylation sites (tertiary alicyclic amines) is 1. The lowest BCUT2D eigenvalue weighted by Crippen LogP contribution is -2.46. The van der Waals surface area contributed by atoms with Crippen molar-refractivity contribution in [1.82, 2.24) is 10.2 Å². The van der Waals surface area contributed by atoms with E-state index in [4.69, 9.17) is 5.73 Å². The molecule has 5 heteroatoms. The predicted molar refractivity (Wildman–Crippen MR) is 70.8 cm³/mol. The van der Waals surface area contributed by atoms with Gasteiger partial charge in [0.1, 0.15) is 0 Å². The van der Waals surface area contributed by atoms with Gasteiger partial charge in [0.2, 0.25) is 11.8 Å².